The van der Waals surface area contributed by atoms with Crippen LogP contribution in [0.4, 0.5) is 15.9 Å². The minimum Gasteiger partial charge on any atom is -0.493 e. The average molecular weight is 483 g/mol. The first-order valence-corrected chi connectivity index (χ1v) is 11.5. The largest absolute Gasteiger partial charge is 0.493 e. The molecule has 2 aliphatic heterocycles. The highest BCUT2D eigenvalue weighted by atomic mass is 35.5. The van der Waals surface area contributed by atoms with Crippen LogP contribution in [0.15, 0.2) is 49.3 Å². The van der Waals surface area contributed by atoms with Gasteiger partial charge in [-0.1, -0.05) is 24.2 Å². The number of carbonyl (C=O) groups excluding carboxylic acids is 1. The number of rotatable bonds is 6. The van der Waals surface area contributed by atoms with Gasteiger partial charge < -0.3 is 19.7 Å². The number of ether oxygens (including phenoxy) is 2. The molecule has 2 aromatic carbocycles. The van der Waals surface area contributed by atoms with Gasteiger partial charge in [0.1, 0.15) is 18.2 Å². The molecule has 2 unspecified atom stereocenters. The molecule has 2 fully saturated rings. The van der Waals surface area contributed by atoms with Crippen LogP contribution >= 0.6 is 11.6 Å². The van der Waals surface area contributed by atoms with Gasteiger partial charge >= 0.3 is 0 Å². The second-order valence-corrected chi connectivity index (χ2v) is 8.92. The summed E-state index contributed by atoms with van der Waals surface area (Å²) in [6, 6.07) is 8.60. The lowest BCUT2D eigenvalue weighted by Gasteiger charge is -2.38. The minimum atomic E-state index is -0.558. The zero-order valence-corrected chi connectivity index (χ0v) is 19.4. The Balaban J connectivity index is 1.45. The second-order valence-electron chi connectivity index (χ2n) is 8.51. The predicted octanol–water partition coefficient (Wildman–Crippen LogP) is 5.26. The number of piperidine rings is 1. The highest BCUT2D eigenvalue weighted by Crippen LogP contribution is 2.41. The molecule has 3 heterocycles. The minimum absolute atomic E-state index is 0.0182. The number of halogens is 2. The maximum Gasteiger partial charge on any atom is 0.246 e. The SMILES string of the molecule is C=CC(=O)N1C2CC[C@@H]1CC(Oc1cc3c(Nc4cccc(Cl)c4F)ncnc3cc1OC)C2. The number of methoxy groups -OCH3 is 1. The molecule has 1 N–H and O–H groups in total. The van der Waals surface area contributed by atoms with Gasteiger partial charge in [0, 0.05) is 36.4 Å². The van der Waals surface area contributed by atoms with E-state index < -0.39 is 5.82 Å². The second kappa shape index (κ2) is 9.10. The molecule has 176 valence electrons. The molecule has 5 rings (SSSR count). The highest BCUT2D eigenvalue weighted by Gasteiger charge is 2.43. The van der Waals surface area contributed by atoms with Crippen LogP contribution in [0.2, 0.25) is 5.02 Å². The quantitative estimate of drug-likeness (QED) is 0.483. The number of hydrogen-bond acceptors (Lipinski definition) is 6. The molecule has 34 heavy (non-hydrogen) atoms. The number of carbonyl (C=O) groups is 1. The van der Waals surface area contributed by atoms with E-state index in [0.717, 1.165) is 25.7 Å². The van der Waals surface area contributed by atoms with E-state index in [1.54, 1.807) is 25.3 Å². The fourth-order valence-electron chi connectivity index (χ4n) is 5.01. The van der Waals surface area contributed by atoms with Crippen molar-refractivity contribution < 1.29 is 18.7 Å². The Bertz CT molecular complexity index is 1260. The molecule has 1 amide bonds. The van der Waals surface area contributed by atoms with Crippen LogP contribution in [0.1, 0.15) is 25.7 Å². The number of anilines is 2. The molecule has 2 aliphatic rings. The van der Waals surface area contributed by atoms with Crippen molar-refractivity contribution in [1.82, 2.24) is 14.9 Å². The van der Waals surface area contributed by atoms with E-state index in [-0.39, 0.29) is 34.8 Å². The molecule has 0 spiro atoms. The Morgan fingerprint density at radius 3 is 2.71 bits per heavy atom. The smallest absolute Gasteiger partial charge is 0.246 e. The number of aromatic nitrogens is 2. The summed E-state index contributed by atoms with van der Waals surface area (Å²) in [7, 11) is 1.57. The van der Waals surface area contributed by atoms with Crippen molar-refractivity contribution >= 4 is 39.9 Å². The van der Waals surface area contributed by atoms with Crippen LogP contribution in [0, 0.1) is 5.82 Å². The molecule has 3 atom stereocenters. The summed E-state index contributed by atoms with van der Waals surface area (Å²) < 4.78 is 26.5. The van der Waals surface area contributed by atoms with Crippen molar-refractivity contribution in [2.45, 2.75) is 43.9 Å². The maximum atomic E-state index is 14.5. The van der Waals surface area contributed by atoms with Crippen LogP contribution < -0.4 is 14.8 Å². The lowest BCUT2D eigenvalue weighted by molar-refractivity contribution is -0.131. The summed E-state index contributed by atoms with van der Waals surface area (Å²) in [5, 5.41) is 3.68. The third-order valence-electron chi connectivity index (χ3n) is 6.54. The zero-order valence-electron chi connectivity index (χ0n) is 18.6. The van der Waals surface area contributed by atoms with Crippen LogP contribution in [0.5, 0.6) is 11.5 Å². The average Bonchev–Trinajstić information content (AvgIpc) is 3.11. The topological polar surface area (TPSA) is 76.6 Å². The van der Waals surface area contributed by atoms with E-state index in [2.05, 4.69) is 21.9 Å². The molecular weight excluding hydrogens is 459 g/mol. The summed E-state index contributed by atoms with van der Waals surface area (Å²) in [6.45, 7) is 3.63. The monoisotopic (exact) mass is 482 g/mol. The lowest BCUT2D eigenvalue weighted by Crippen LogP contribution is -2.48. The third kappa shape index (κ3) is 4.03. The number of fused-ring (bicyclic) bond motifs is 3. The molecule has 3 aromatic rings. The number of nitrogens with one attached hydrogen (secondary N) is 1. The van der Waals surface area contributed by atoms with E-state index in [0.29, 0.717) is 28.2 Å². The molecule has 1 aromatic heterocycles. The first kappa shape index (κ1) is 22.4. The van der Waals surface area contributed by atoms with Gasteiger partial charge in [0.05, 0.1) is 23.3 Å². The Morgan fingerprint density at radius 1 is 1.24 bits per heavy atom. The fourth-order valence-corrected chi connectivity index (χ4v) is 5.19. The van der Waals surface area contributed by atoms with E-state index in [1.165, 1.54) is 18.5 Å². The molecule has 0 saturated carbocycles. The Labute approximate surface area is 201 Å². The lowest BCUT2D eigenvalue weighted by atomic mass is 9.99. The fraction of sp³-hybridized carbons (Fsp3) is 0.320. The van der Waals surface area contributed by atoms with E-state index in [4.69, 9.17) is 21.1 Å². The van der Waals surface area contributed by atoms with Crippen molar-refractivity contribution in [3.05, 3.63) is 60.2 Å². The van der Waals surface area contributed by atoms with Crippen LogP contribution in [0.25, 0.3) is 10.9 Å². The predicted molar refractivity (Wildman–Crippen MR) is 128 cm³/mol. The Hall–Kier alpha value is -3.39. The normalized spacial score (nSPS) is 21.4. The molecule has 2 saturated heterocycles. The number of amides is 1. The van der Waals surface area contributed by atoms with Crippen molar-refractivity contribution in [1.29, 1.82) is 0 Å². The number of nitrogens with zero attached hydrogens (tertiary/aromatic N) is 3. The molecule has 9 heteroatoms. The van der Waals surface area contributed by atoms with Crippen molar-refractivity contribution in [2.24, 2.45) is 0 Å². The van der Waals surface area contributed by atoms with E-state index in [1.807, 2.05) is 11.0 Å². The van der Waals surface area contributed by atoms with Crippen molar-refractivity contribution in [3.63, 3.8) is 0 Å². The summed E-state index contributed by atoms with van der Waals surface area (Å²) in [6.07, 6.45) is 6.12. The summed E-state index contributed by atoms with van der Waals surface area (Å²) in [5.41, 5.74) is 0.831. The molecule has 0 radical (unpaired) electrons. The van der Waals surface area contributed by atoms with Gasteiger partial charge in [-0.05, 0) is 37.1 Å². The standard InChI is InChI=1S/C25H24ClFN4O3/c1-3-23(32)31-14-7-8-15(31)10-16(9-14)34-22-11-17-20(12-21(22)33-2)28-13-29-25(17)30-19-6-4-5-18(26)24(19)27/h3-6,11-16H,1,7-10H2,2H3,(H,28,29,30)/t14-,15?,16?/m1/s1. The summed E-state index contributed by atoms with van der Waals surface area (Å²) >= 11 is 5.92. The van der Waals surface area contributed by atoms with Gasteiger partial charge in [0.2, 0.25) is 5.91 Å². The highest BCUT2D eigenvalue weighted by molar-refractivity contribution is 6.31. The molecule has 2 bridgehead atoms. The summed E-state index contributed by atoms with van der Waals surface area (Å²) in [4.78, 5) is 22.8. The van der Waals surface area contributed by atoms with Gasteiger partial charge in [-0.15, -0.1) is 0 Å². The van der Waals surface area contributed by atoms with E-state index >= 15 is 0 Å². The van der Waals surface area contributed by atoms with Gasteiger partial charge in [-0.2, -0.15) is 0 Å². The molecule has 7 nitrogen and oxygen atoms in total. The first-order chi connectivity index (χ1) is 16.5. The maximum absolute atomic E-state index is 14.5. The van der Waals surface area contributed by atoms with Crippen LogP contribution in [-0.2, 0) is 4.79 Å². The molecular formula is C25H24ClFN4O3. The molecule has 0 aliphatic carbocycles. The van der Waals surface area contributed by atoms with Crippen LogP contribution in [-0.4, -0.2) is 46.1 Å². The number of benzene rings is 2. The van der Waals surface area contributed by atoms with E-state index in [9.17, 15) is 9.18 Å². The van der Waals surface area contributed by atoms with Gasteiger partial charge in [-0.3, -0.25) is 4.79 Å². The van der Waals surface area contributed by atoms with Gasteiger partial charge in [0.25, 0.3) is 0 Å². The number of hydrogen-bond donors (Lipinski definition) is 1. The van der Waals surface area contributed by atoms with Crippen molar-refractivity contribution in [3.8, 4) is 11.5 Å². The Kier molecular flexibility index (Phi) is 6.00. The zero-order chi connectivity index (χ0) is 23.8. The third-order valence-corrected chi connectivity index (χ3v) is 6.83. The summed E-state index contributed by atoms with van der Waals surface area (Å²) in [5.74, 6) is 0.938. The van der Waals surface area contributed by atoms with Crippen LogP contribution in [0.3, 0.4) is 0 Å². The Morgan fingerprint density at radius 2 is 2.00 bits per heavy atom. The van der Waals surface area contributed by atoms with Gasteiger partial charge in [0.15, 0.2) is 17.3 Å². The van der Waals surface area contributed by atoms with Gasteiger partial charge in [-0.25, -0.2) is 14.4 Å². The van der Waals surface area contributed by atoms with Crippen molar-refractivity contribution in [2.75, 3.05) is 12.4 Å². The first-order valence-electron chi connectivity index (χ1n) is 11.1.